The van der Waals surface area contributed by atoms with Gasteiger partial charge < -0.3 is 4.90 Å². The van der Waals surface area contributed by atoms with Gasteiger partial charge in [0.05, 0.1) is 0 Å². The molecular formula is C10H21N. The van der Waals surface area contributed by atoms with Crippen LogP contribution in [0.4, 0.5) is 0 Å². The molecule has 0 bridgehead atoms. The van der Waals surface area contributed by atoms with Gasteiger partial charge in [-0.05, 0) is 18.8 Å². The fourth-order valence-electron chi connectivity index (χ4n) is 1.09. The zero-order valence-corrected chi connectivity index (χ0v) is 8.35. The van der Waals surface area contributed by atoms with E-state index < -0.39 is 0 Å². The maximum Gasteiger partial charge on any atom is 0.0169 e. The molecule has 0 rings (SSSR count). The Morgan fingerprint density at radius 1 is 1.45 bits per heavy atom. The largest absolute Gasteiger partial charge is 0.378 e. The number of allylic oxidation sites excluding steroid dienone is 1. The third-order valence-electron chi connectivity index (χ3n) is 2.23. The number of hydrogen-bond acceptors (Lipinski definition) is 1. The summed E-state index contributed by atoms with van der Waals surface area (Å²) in [5.74, 6) is 0.631. The Kier molecular flexibility index (Phi) is 5.01. The minimum atomic E-state index is 0.631. The summed E-state index contributed by atoms with van der Waals surface area (Å²) in [7, 11) is 2.12. The van der Waals surface area contributed by atoms with Gasteiger partial charge in [0.25, 0.3) is 0 Å². The van der Waals surface area contributed by atoms with Crippen LogP contribution in [-0.4, -0.2) is 18.5 Å². The molecule has 0 N–H and O–H groups in total. The van der Waals surface area contributed by atoms with Gasteiger partial charge in [-0.25, -0.2) is 0 Å². The van der Waals surface area contributed by atoms with Crippen molar-refractivity contribution >= 4 is 0 Å². The second kappa shape index (κ2) is 5.22. The molecule has 0 aromatic carbocycles. The van der Waals surface area contributed by atoms with Gasteiger partial charge in [0, 0.05) is 19.3 Å². The highest BCUT2D eigenvalue weighted by Crippen LogP contribution is 2.14. The third-order valence-corrected chi connectivity index (χ3v) is 2.23. The van der Waals surface area contributed by atoms with Crippen LogP contribution in [0.5, 0.6) is 0 Å². The van der Waals surface area contributed by atoms with Gasteiger partial charge >= 0.3 is 0 Å². The van der Waals surface area contributed by atoms with E-state index in [1.165, 1.54) is 18.5 Å². The van der Waals surface area contributed by atoms with E-state index in [2.05, 4.69) is 39.3 Å². The molecule has 0 aliphatic heterocycles. The van der Waals surface area contributed by atoms with Crippen molar-refractivity contribution in [1.29, 1.82) is 0 Å². The third kappa shape index (κ3) is 3.45. The summed E-state index contributed by atoms with van der Waals surface area (Å²) < 4.78 is 0. The molecule has 0 aliphatic rings. The lowest BCUT2D eigenvalue weighted by Crippen LogP contribution is -2.21. The molecule has 1 atom stereocenters. The van der Waals surface area contributed by atoms with E-state index in [-0.39, 0.29) is 0 Å². The first-order valence-corrected chi connectivity index (χ1v) is 4.53. The Morgan fingerprint density at radius 3 is 2.36 bits per heavy atom. The van der Waals surface area contributed by atoms with E-state index in [1.807, 2.05) is 0 Å². The Labute approximate surface area is 71.1 Å². The SMILES string of the molecule is C=C(C(C)CC)N(C)CCC. The molecule has 11 heavy (non-hydrogen) atoms. The van der Waals surface area contributed by atoms with Crippen LogP contribution in [-0.2, 0) is 0 Å². The van der Waals surface area contributed by atoms with E-state index in [4.69, 9.17) is 0 Å². The maximum absolute atomic E-state index is 4.07. The van der Waals surface area contributed by atoms with Crippen molar-refractivity contribution in [2.45, 2.75) is 33.6 Å². The van der Waals surface area contributed by atoms with Crippen molar-refractivity contribution in [3.63, 3.8) is 0 Å². The minimum Gasteiger partial charge on any atom is -0.378 e. The molecule has 0 heterocycles. The summed E-state index contributed by atoms with van der Waals surface area (Å²) in [4.78, 5) is 2.26. The lowest BCUT2D eigenvalue weighted by atomic mass is 10.1. The smallest absolute Gasteiger partial charge is 0.0169 e. The van der Waals surface area contributed by atoms with Crippen LogP contribution in [0.25, 0.3) is 0 Å². The summed E-state index contributed by atoms with van der Waals surface area (Å²) in [5, 5.41) is 0. The van der Waals surface area contributed by atoms with Crippen molar-refractivity contribution in [2.24, 2.45) is 5.92 Å². The van der Waals surface area contributed by atoms with Crippen LogP contribution >= 0.6 is 0 Å². The van der Waals surface area contributed by atoms with Crippen LogP contribution in [0.2, 0.25) is 0 Å². The molecule has 1 nitrogen and oxygen atoms in total. The van der Waals surface area contributed by atoms with Gasteiger partial charge in [-0.1, -0.05) is 27.4 Å². The van der Waals surface area contributed by atoms with Crippen molar-refractivity contribution < 1.29 is 0 Å². The molecule has 0 spiro atoms. The monoisotopic (exact) mass is 155 g/mol. The predicted octanol–water partition coefficient (Wildman–Crippen LogP) is 2.89. The van der Waals surface area contributed by atoms with Gasteiger partial charge in [0.1, 0.15) is 0 Å². The summed E-state index contributed by atoms with van der Waals surface area (Å²) in [6, 6.07) is 0. The highest BCUT2D eigenvalue weighted by molar-refractivity contribution is 4.96. The first-order valence-electron chi connectivity index (χ1n) is 4.53. The number of nitrogens with zero attached hydrogens (tertiary/aromatic N) is 1. The summed E-state index contributed by atoms with van der Waals surface area (Å²) in [5.41, 5.74) is 1.27. The summed E-state index contributed by atoms with van der Waals surface area (Å²) >= 11 is 0. The molecule has 0 saturated heterocycles. The van der Waals surface area contributed by atoms with Crippen LogP contribution in [0.15, 0.2) is 12.3 Å². The topological polar surface area (TPSA) is 3.24 Å². The van der Waals surface area contributed by atoms with E-state index in [9.17, 15) is 0 Å². The first-order chi connectivity index (χ1) is 5.13. The summed E-state index contributed by atoms with van der Waals surface area (Å²) in [6.45, 7) is 11.8. The second-order valence-electron chi connectivity index (χ2n) is 3.22. The van der Waals surface area contributed by atoms with Crippen LogP contribution < -0.4 is 0 Å². The fraction of sp³-hybridized carbons (Fsp3) is 0.800. The molecular weight excluding hydrogens is 134 g/mol. The normalized spacial score (nSPS) is 12.7. The molecule has 0 amide bonds. The number of rotatable bonds is 5. The first kappa shape index (κ1) is 10.5. The second-order valence-corrected chi connectivity index (χ2v) is 3.22. The van der Waals surface area contributed by atoms with Gasteiger partial charge in [-0.2, -0.15) is 0 Å². The van der Waals surface area contributed by atoms with Crippen molar-refractivity contribution in [3.8, 4) is 0 Å². The highest BCUT2D eigenvalue weighted by atomic mass is 15.1. The molecule has 0 saturated carbocycles. The van der Waals surface area contributed by atoms with Crippen LogP contribution in [0.1, 0.15) is 33.6 Å². The van der Waals surface area contributed by atoms with Crippen molar-refractivity contribution in [3.05, 3.63) is 12.3 Å². The van der Waals surface area contributed by atoms with E-state index in [0.717, 1.165) is 6.54 Å². The molecule has 1 unspecified atom stereocenters. The average molecular weight is 155 g/mol. The van der Waals surface area contributed by atoms with E-state index >= 15 is 0 Å². The Morgan fingerprint density at radius 2 is 2.00 bits per heavy atom. The van der Waals surface area contributed by atoms with Crippen LogP contribution in [0, 0.1) is 5.92 Å². The minimum absolute atomic E-state index is 0.631. The van der Waals surface area contributed by atoms with Gasteiger partial charge in [0.15, 0.2) is 0 Å². The van der Waals surface area contributed by atoms with Crippen molar-refractivity contribution in [2.75, 3.05) is 13.6 Å². The lowest BCUT2D eigenvalue weighted by Gasteiger charge is -2.25. The molecule has 0 fully saturated rings. The van der Waals surface area contributed by atoms with E-state index in [0.29, 0.717) is 5.92 Å². The van der Waals surface area contributed by atoms with E-state index in [1.54, 1.807) is 0 Å². The van der Waals surface area contributed by atoms with Gasteiger partial charge in [0.2, 0.25) is 0 Å². The zero-order chi connectivity index (χ0) is 8.85. The zero-order valence-electron chi connectivity index (χ0n) is 8.35. The van der Waals surface area contributed by atoms with Gasteiger partial charge in [-0.15, -0.1) is 0 Å². The predicted molar refractivity (Wildman–Crippen MR) is 51.5 cm³/mol. The fourth-order valence-corrected chi connectivity index (χ4v) is 1.09. The number of hydrogen-bond donors (Lipinski definition) is 0. The molecule has 1 heteroatoms. The molecule has 66 valence electrons. The van der Waals surface area contributed by atoms with Crippen molar-refractivity contribution in [1.82, 2.24) is 4.90 Å². The molecule has 0 aliphatic carbocycles. The maximum atomic E-state index is 4.07. The van der Waals surface area contributed by atoms with Crippen LogP contribution in [0.3, 0.4) is 0 Å². The molecule has 0 radical (unpaired) electrons. The highest BCUT2D eigenvalue weighted by Gasteiger charge is 2.07. The Hall–Kier alpha value is -0.460. The quantitative estimate of drug-likeness (QED) is 0.590. The molecule has 0 aromatic rings. The lowest BCUT2D eigenvalue weighted by molar-refractivity contribution is 0.363. The Balaban J connectivity index is 3.81. The summed E-state index contributed by atoms with van der Waals surface area (Å²) in [6.07, 6.45) is 2.39. The Bertz CT molecular complexity index is 118. The average Bonchev–Trinajstić information content (AvgIpc) is 2.02. The standard InChI is InChI=1S/C10H21N/c1-6-8-11(5)10(4)9(3)7-2/h9H,4,6-8H2,1-3,5H3. The van der Waals surface area contributed by atoms with Gasteiger partial charge in [-0.3, -0.25) is 0 Å². The molecule has 0 aromatic heterocycles.